The van der Waals surface area contributed by atoms with Crippen molar-refractivity contribution >= 4 is 11.7 Å². The van der Waals surface area contributed by atoms with Crippen LogP contribution < -0.4 is 14.4 Å². The molecule has 0 atom stereocenters. The van der Waals surface area contributed by atoms with Crippen molar-refractivity contribution in [2.24, 2.45) is 5.92 Å². The van der Waals surface area contributed by atoms with E-state index in [1.54, 1.807) is 31.4 Å². The maximum atomic E-state index is 12.0. The molecular weight excluding hydrogens is 316 g/mol. The summed E-state index contributed by atoms with van der Waals surface area (Å²) in [7, 11) is 1.61. The molecule has 1 aliphatic heterocycles. The highest BCUT2D eigenvalue weighted by Gasteiger charge is 2.20. The number of pyridine rings is 1. The van der Waals surface area contributed by atoms with Gasteiger partial charge >= 0.3 is 5.97 Å². The normalized spacial score (nSPS) is 15.0. The van der Waals surface area contributed by atoms with Crippen LogP contribution in [0.5, 0.6) is 11.5 Å². The number of hydrogen-bond acceptors (Lipinski definition) is 5. The third-order valence-electron chi connectivity index (χ3n) is 4.69. The van der Waals surface area contributed by atoms with E-state index in [0.717, 1.165) is 38.1 Å². The number of benzene rings is 1. The third kappa shape index (κ3) is 4.95. The fourth-order valence-corrected chi connectivity index (χ4v) is 3.18. The van der Waals surface area contributed by atoms with Crippen molar-refractivity contribution in [3.8, 4) is 11.5 Å². The number of carbonyl (C=O) groups excluding carboxylic acids is 1. The Morgan fingerprint density at radius 2 is 1.72 bits per heavy atom. The highest BCUT2D eigenvalue weighted by molar-refractivity contribution is 5.72. The molecular formula is C20H24N2O3. The van der Waals surface area contributed by atoms with Crippen LogP contribution in [0.2, 0.25) is 0 Å². The van der Waals surface area contributed by atoms with Gasteiger partial charge in [0, 0.05) is 37.6 Å². The predicted octanol–water partition coefficient (Wildman–Crippen LogP) is 3.69. The summed E-state index contributed by atoms with van der Waals surface area (Å²) in [6.45, 7) is 2.06. The maximum absolute atomic E-state index is 12.0. The molecule has 3 rings (SSSR count). The quantitative estimate of drug-likeness (QED) is 0.593. The molecule has 0 bridgehead atoms. The van der Waals surface area contributed by atoms with E-state index in [-0.39, 0.29) is 5.97 Å². The molecule has 1 saturated heterocycles. The topological polar surface area (TPSA) is 51.7 Å². The summed E-state index contributed by atoms with van der Waals surface area (Å²) < 4.78 is 10.5. The van der Waals surface area contributed by atoms with Crippen LogP contribution in [0.15, 0.2) is 48.8 Å². The van der Waals surface area contributed by atoms with Crippen molar-refractivity contribution in [1.29, 1.82) is 0 Å². The summed E-state index contributed by atoms with van der Waals surface area (Å²) in [5.74, 6) is 1.74. The number of carbonyl (C=O) groups is 1. The second-order valence-corrected chi connectivity index (χ2v) is 6.32. The van der Waals surface area contributed by atoms with E-state index in [1.807, 2.05) is 24.5 Å². The molecule has 0 spiro atoms. The van der Waals surface area contributed by atoms with Crippen molar-refractivity contribution in [2.45, 2.75) is 25.7 Å². The Morgan fingerprint density at radius 1 is 1.08 bits per heavy atom. The van der Waals surface area contributed by atoms with Crippen LogP contribution in [0.4, 0.5) is 5.69 Å². The molecule has 0 radical (unpaired) electrons. The molecule has 0 saturated carbocycles. The molecule has 2 aromatic rings. The standard InChI is InChI=1S/C20H24N2O3/c1-24-18-3-5-19(6-4-18)25-20(23)7-2-16-10-14-22(15-11-16)17-8-12-21-13-9-17/h3-6,8-9,12-13,16H,2,7,10-11,14-15H2,1H3. The Labute approximate surface area is 148 Å². The van der Waals surface area contributed by atoms with E-state index < -0.39 is 0 Å². The minimum absolute atomic E-state index is 0.165. The Morgan fingerprint density at radius 3 is 2.36 bits per heavy atom. The molecule has 0 unspecified atom stereocenters. The van der Waals surface area contributed by atoms with Crippen LogP contribution in [0.1, 0.15) is 25.7 Å². The van der Waals surface area contributed by atoms with Crippen LogP contribution in [0.3, 0.4) is 0 Å². The average molecular weight is 340 g/mol. The first-order chi connectivity index (χ1) is 12.2. The fraction of sp³-hybridized carbons (Fsp3) is 0.400. The molecule has 0 N–H and O–H groups in total. The number of esters is 1. The second-order valence-electron chi connectivity index (χ2n) is 6.32. The molecule has 1 aromatic heterocycles. The number of piperidine rings is 1. The van der Waals surface area contributed by atoms with Gasteiger partial charge < -0.3 is 14.4 Å². The smallest absolute Gasteiger partial charge is 0.311 e. The lowest BCUT2D eigenvalue weighted by atomic mass is 9.92. The summed E-state index contributed by atoms with van der Waals surface area (Å²) in [5.41, 5.74) is 1.23. The highest BCUT2D eigenvalue weighted by atomic mass is 16.5. The molecule has 25 heavy (non-hydrogen) atoms. The molecule has 132 valence electrons. The lowest BCUT2D eigenvalue weighted by Gasteiger charge is -2.33. The number of ether oxygens (including phenoxy) is 2. The largest absolute Gasteiger partial charge is 0.497 e. The van der Waals surface area contributed by atoms with Crippen molar-refractivity contribution in [3.63, 3.8) is 0 Å². The maximum Gasteiger partial charge on any atom is 0.311 e. The van der Waals surface area contributed by atoms with Crippen LogP contribution in [0.25, 0.3) is 0 Å². The summed E-state index contributed by atoms with van der Waals surface area (Å²) in [4.78, 5) is 18.5. The molecule has 0 amide bonds. The summed E-state index contributed by atoms with van der Waals surface area (Å²) >= 11 is 0. The van der Waals surface area contributed by atoms with Gasteiger partial charge in [0.1, 0.15) is 11.5 Å². The van der Waals surface area contributed by atoms with E-state index in [2.05, 4.69) is 9.88 Å². The van der Waals surface area contributed by atoms with Crippen molar-refractivity contribution in [1.82, 2.24) is 4.98 Å². The Balaban J connectivity index is 1.39. The summed E-state index contributed by atoms with van der Waals surface area (Å²) in [5, 5.41) is 0. The van der Waals surface area contributed by atoms with Gasteiger partial charge in [-0.2, -0.15) is 0 Å². The number of hydrogen-bond donors (Lipinski definition) is 0. The molecule has 0 aliphatic carbocycles. The van der Waals surface area contributed by atoms with Crippen LogP contribution in [-0.4, -0.2) is 31.2 Å². The van der Waals surface area contributed by atoms with Crippen molar-refractivity contribution < 1.29 is 14.3 Å². The van der Waals surface area contributed by atoms with E-state index in [9.17, 15) is 4.79 Å². The SMILES string of the molecule is COc1ccc(OC(=O)CCC2CCN(c3ccncc3)CC2)cc1. The molecule has 5 heteroatoms. The van der Waals surface area contributed by atoms with Crippen molar-refractivity contribution in [2.75, 3.05) is 25.1 Å². The van der Waals surface area contributed by atoms with Gasteiger partial charge in [-0.1, -0.05) is 0 Å². The highest BCUT2D eigenvalue weighted by Crippen LogP contribution is 2.26. The molecule has 5 nitrogen and oxygen atoms in total. The van der Waals surface area contributed by atoms with Gasteiger partial charge in [0.15, 0.2) is 0 Å². The summed E-state index contributed by atoms with van der Waals surface area (Å²) in [6.07, 6.45) is 7.23. The van der Waals surface area contributed by atoms with Gasteiger partial charge in [-0.05, 0) is 61.6 Å². The molecule has 1 aromatic carbocycles. The minimum atomic E-state index is -0.165. The Kier molecular flexibility index (Phi) is 5.88. The van der Waals surface area contributed by atoms with E-state index >= 15 is 0 Å². The third-order valence-corrected chi connectivity index (χ3v) is 4.69. The zero-order chi connectivity index (χ0) is 17.5. The zero-order valence-corrected chi connectivity index (χ0v) is 14.6. The Bertz CT molecular complexity index is 665. The lowest BCUT2D eigenvalue weighted by Crippen LogP contribution is -2.33. The fourth-order valence-electron chi connectivity index (χ4n) is 3.18. The van der Waals surface area contributed by atoms with Gasteiger partial charge in [0.25, 0.3) is 0 Å². The van der Waals surface area contributed by atoms with Crippen LogP contribution in [0, 0.1) is 5.92 Å². The summed E-state index contributed by atoms with van der Waals surface area (Å²) in [6, 6.07) is 11.2. The van der Waals surface area contributed by atoms with Gasteiger partial charge in [0.05, 0.1) is 7.11 Å². The first kappa shape index (κ1) is 17.3. The van der Waals surface area contributed by atoms with Gasteiger partial charge in [-0.25, -0.2) is 0 Å². The van der Waals surface area contributed by atoms with E-state index in [1.165, 1.54) is 5.69 Å². The zero-order valence-electron chi connectivity index (χ0n) is 14.6. The van der Waals surface area contributed by atoms with Crippen LogP contribution >= 0.6 is 0 Å². The van der Waals surface area contributed by atoms with E-state index in [4.69, 9.17) is 9.47 Å². The Hall–Kier alpha value is -2.56. The molecule has 1 fully saturated rings. The van der Waals surface area contributed by atoms with E-state index in [0.29, 0.717) is 18.1 Å². The number of methoxy groups -OCH3 is 1. The lowest BCUT2D eigenvalue weighted by molar-refractivity contribution is -0.134. The monoisotopic (exact) mass is 340 g/mol. The van der Waals surface area contributed by atoms with Crippen molar-refractivity contribution in [3.05, 3.63) is 48.8 Å². The predicted molar refractivity (Wildman–Crippen MR) is 97.0 cm³/mol. The second kappa shape index (κ2) is 8.51. The number of rotatable bonds is 6. The molecule has 2 heterocycles. The average Bonchev–Trinajstić information content (AvgIpc) is 2.68. The van der Waals surface area contributed by atoms with Gasteiger partial charge in [-0.15, -0.1) is 0 Å². The van der Waals surface area contributed by atoms with Crippen LogP contribution in [-0.2, 0) is 4.79 Å². The first-order valence-corrected chi connectivity index (χ1v) is 8.74. The number of aromatic nitrogens is 1. The van der Waals surface area contributed by atoms with Gasteiger partial charge in [0.2, 0.25) is 0 Å². The van der Waals surface area contributed by atoms with Gasteiger partial charge in [-0.3, -0.25) is 9.78 Å². The molecule has 1 aliphatic rings. The number of nitrogens with zero attached hydrogens (tertiary/aromatic N) is 2. The minimum Gasteiger partial charge on any atom is -0.497 e. The first-order valence-electron chi connectivity index (χ1n) is 8.74. The number of anilines is 1.